The van der Waals surface area contributed by atoms with Gasteiger partial charge in [0.15, 0.2) is 0 Å². The van der Waals surface area contributed by atoms with Crippen LogP contribution in [0.5, 0.6) is 0 Å². The van der Waals surface area contributed by atoms with Crippen LogP contribution in [0.4, 0.5) is 0 Å². The van der Waals surface area contributed by atoms with Gasteiger partial charge in [-0.1, -0.05) is 104 Å². The van der Waals surface area contributed by atoms with Crippen molar-refractivity contribution in [3.8, 4) is 0 Å². The number of para-hydroxylation sites is 4. The first kappa shape index (κ1) is 26.8. The zero-order valence-corrected chi connectivity index (χ0v) is 26.7. The quantitative estimate of drug-likeness (QED) is 0.179. The molecule has 4 heteroatoms. The molecule has 0 saturated heterocycles. The zero-order valence-electron chi connectivity index (χ0n) is 26.7. The van der Waals surface area contributed by atoms with E-state index in [4.69, 9.17) is 0 Å². The number of nitrogens with zero attached hydrogens (tertiary/aromatic N) is 2. The van der Waals surface area contributed by atoms with E-state index in [1.807, 2.05) is 57.3 Å². The maximum absolute atomic E-state index is 14.0. The van der Waals surface area contributed by atoms with E-state index in [1.165, 1.54) is 5.57 Å². The van der Waals surface area contributed by atoms with Crippen LogP contribution >= 0.6 is 0 Å². The average Bonchev–Trinajstić information content (AvgIpc) is 3.67. The van der Waals surface area contributed by atoms with E-state index in [0.717, 1.165) is 99.0 Å². The minimum Gasteiger partial charge on any atom is -0.275 e. The summed E-state index contributed by atoms with van der Waals surface area (Å²) in [5, 5.41) is 10.0. The lowest BCUT2D eigenvalue weighted by molar-refractivity contribution is 0.752. The molecule has 1 aliphatic carbocycles. The van der Waals surface area contributed by atoms with Crippen molar-refractivity contribution in [2.45, 2.75) is 13.3 Å². The summed E-state index contributed by atoms with van der Waals surface area (Å²) in [7, 11) is 0. The summed E-state index contributed by atoms with van der Waals surface area (Å²) in [5.41, 5.74) is 8.54. The summed E-state index contributed by atoms with van der Waals surface area (Å²) in [5.74, 6) is 0.322. The number of hydrogen-bond acceptors (Lipinski definition) is 2. The van der Waals surface area contributed by atoms with Gasteiger partial charge in [-0.15, -0.1) is 0 Å². The molecule has 6 aromatic carbocycles. The van der Waals surface area contributed by atoms with Crippen LogP contribution in [0.25, 0.3) is 87.1 Å². The lowest BCUT2D eigenvalue weighted by atomic mass is 9.84. The molecule has 230 valence electrons. The smallest absolute Gasteiger partial charge is 0.263 e. The lowest BCUT2D eigenvalue weighted by Gasteiger charge is -2.20. The van der Waals surface area contributed by atoms with Crippen LogP contribution in [0.1, 0.15) is 24.5 Å². The van der Waals surface area contributed by atoms with Gasteiger partial charge in [0.1, 0.15) is 0 Å². The highest BCUT2D eigenvalue weighted by Crippen LogP contribution is 2.40. The lowest BCUT2D eigenvalue weighted by Crippen LogP contribution is -2.13. The van der Waals surface area contributed by atoms with Crippen molar-refractivity contribution >= 4 is 87.1 Å². The summed E-state index contributed by atoms with van der Waals surface area (Å²) < 4.78 is 3.79. The fraction of sp³-hybridized carbons (Fsp3) is 0.0667. The van der Waals surface area contributed by atoms with Crippen LogP contribution in [0.3, 0.4) is 0 Å². The molecule has 4 nitrogen and oxygen atoms in total. The Hall–Kier alpha value is -6.26. The molecule has 0 bridgehead atoms. The Morgan fingerprint density at radius 3 is 1.53 bits per heavy atom. The standard InChI is InChI=1S/C45H28N2O2/c1-25-20-28(26-16-18-36-38(23-26)34-12-6-10-32-30-8-2-4-14-40(30)46(42(32)34)44(36)48)22-29(21-25)27-17-19-37-39(24-27)35-13-7-11-33-31-9-3-5-15-41(31)47(43(33)35)45(37)49/h2-20,22-25H,21H2,1H3. The Balaban J connectivity index is 1.10. The van der Waals surface area contributed by atoms with Gasteiger partial charge in [-0.2, -0.15) is 0 Å². The number of fused-ring (bicyclic) bond motifs is 10. The Morgan fingerprint density at radius 1 is 0.490 bits per heavy atom. The van der Waals surface area contributed by atoms with Crippen LogP contribution in [0.2, 0.25) is 0 Å². The molecule has 1 unspecified atom stereocenters. The number of aromatic nitrogens is 2. The monoisotopic (exact) mass is 628 g/mol. The van der Waals surface area contributed by atoms with Gasteiger partial charge >= 0.3 is 0 Å². The molecule has 0 spiro atoms. The molecule has 0 N–H and O–H groups in total. The summed E-state index contributed by atoms with van der Waals surface area (Å²) in [4.78, 5) is 28.0. The third-order valence-corrected chi connectivity index (χ3v) is 10.9. The first-order valence-corrected chi connectivity index (χ1v) is 16.9. The van der Waals surface area contributed by atoms with Crippen molar-refractivity contribution < 1.29 is 0 Å². The Morgan fingerprint density at radius 2 is 0.959 bits per heavy atom. The van der Waals surface area contributed by atoms with Gasteiger partial charge in [0.05, 0.1) is 22.1 Å². The Bertz CT molecular complexity index is 3250. The molecule has 10 aromatic rings. The highest BCUT2D eigenvalue weighted by atomic mass is 16.1. The second-order valence-electron chi connectivity index (χ2n) is 13.7. The number of rotatable bonds is 2. The number of allylic oxidation sites excluding steroid dienone is 4. The minimum atomic E-state index is 0.0198. The molecule has 0 saturated carbocycles. The van der Waals surface area contributed by atoms with Crippen LogP contribution in [-0.4, -0.2) is 8.80 Å². The molecule has 0 aliphatic heterocycles. The molecule has 1 aliphatic rings. The van der Waals surface area contributed by atoms with E-state index in [1.54, 1.807) is 0 Å². The van der Waals surface area contributed by atoms with E-state index >= 15 is 0 Å². The largest absolute Gasteiger partial charge is 0.275 e. The van der Waals surface area contributed by atoms with E-state index in [9.17, 15) is 9.59 Å². The van der Waals surface area contributed by atoms with Gasteiger partial charge in [-0.25, -0.2) is 0 Å². The van der Waals surface area contributed by atoms with Gasteiger partial charge in [0, 0.05) is 43.1 Å². The molecule has 0 amide bonds. The van der Waals surface area contributed by atoms with Crippen LogP contribution in [-0.2, 0) is 0 Å². The molecule has 4 heterocycles. The molecule has 11 rings (SSSR count). The van der Waals surface area contributed by atoms with E-state index in [-0.39, 0.29) is 11.1 Å². The first-order valence-electron chi connectivity index (χ1n) is 16.9. The van der Waals surface area contributed by atoms with Crippen molar-refractivity contribution in [1.29, 1.82) is 0 Å². The Labute approximate surface area is 279 Å². The van der Waals surface area contributed by atoms with Crippen LogP contribution in [0, 0.1) is 5.92 Å². The fourth-order valence-corrected chi connectivity index (χ4v) is 8.81. The predicted molar refractivity (Wildman–Crippen MR) is 204 cm³/mol. The second-order valence-corrected chi connectivity index (χ2v) is 13.7. The van der Waals surface area contributed by atoms with E-state index in [2.05, 4.69) is 91.9 Å². The third-order valence-electron chi connectivity index (χ3n) is 10.9. The topological polar surface area (TPSA) is 43.0 Å². The maximum Gasteiger partial charge on any atom is 0.263 e. The van der Waals surface area contributed by atoms with Crippen LogP contribution < -0.4 is 11.1 Å². The maximum atomic E-state index is 14.0. The van der Waals surface area contributed by atoms with E-state index in [0.29, 0.717) is 5.92 Å². The molecular weight excluding hydrogens is 601 g/mol. The third kappa shape index (κ3) is 3.47. The van der Waals surface area contributed by atoms with Crippen molar-refractivity contribution in [3.63, 3.8) is 0 Å². The highest BCUT2D eigenvalue weighted by molar-refractivity contribution is 6.21. The number of hydrogen-bond donors (Lipinski definition) is 0. The van der Waals surface area contributed by atoms with Gasteiger partial charge in [0.25, 0.3) is 11.1 Å². The average molecular weight is 629 g/mol. The van der Waals surface area contributed by atoms with Gasteiger partial charge in [-0.3, -0.25) is 18.4 Å². The summed E-state index contributed by atoms with van der Waals surface area (Å²) in [6.45, 7) is 2.26. The minimum absolute atomic E-state index is 0.0198. The Kier molecular flexibility index (Phi) is 5.15. The molecule has 49 heavy (non-hydrogen) atoms. The number of benzene rings is 6. The number of pyridine rings is 2. The molecular formula is C45H28N2O2. The first-order chi connectivity index (χ1) is 24.0. The molecule has 4 aromatic heterocycles. The van der Waals surface area contributed by atoms with Gasteiger partial charge in [-0.05, 0) is 81.8 Å². The summed E-state index contributed by atoms with van der Waals surface area (Å²) in [6.07, 6.45) is 5.55. The van der Waals surface area contributed by atoms with Crippen molar-refractivity contribution in [2.24, 2.45) is 5.92 Å². The van der Waals surface area contributed by atoms with Gasteiger partial charge < -0.3 is 0 Å². The van der Waals surface area contributed by atoms with Crippen molar-refractivity contribution in [1.82, 2.24) is 8.80 Å². The van der Waals surface area contributed by atoms with Crippen molar-refractivity contribution in [3.05, 3.63) is 165 Å². The molecule has 0 fully saturated rings. The highest BCUT2D eigenvalue weighted by Gasteiger charge is 2.21. The predicted octanol–water partition coefficient (Wildman–Crippen LogP) is 10.2. The van der Waals surface area contributed by atoms with E-state index < -0.39 is 0 Å². The van der Waals surface area contributed by atoms with Crippen molar-refractivity contribution in [2.75, 3.05) is 0 Å². The molecule has 0 radical (unpaired) electrons. The van der Waals surface area contributed by atoms with Crippen LogP contribution in [0.15, 0.2) is 143 Å². The van der Waals surface area contributed by atoms with Gasteiger partial charge in [0.2, 0.25) is 0 Å². The normalized spacial score (nSPS) is 15.6. The second kappa shape index (κ2) is 9.42. The SMILES string of the molecule is CC1C=C(c2ccc3c(=O)n4c5ccccc5c5cccc(c3c2)c54)C=C(c2ccc3c(=O)n4c5ccccc5c5cccc(c3c2)c54)C1. The fourth-order valence-electron chi connectivity index (χ4n) is 8.81. The summed E-state index contributed by atoms with van der Waals surface area (Å²) >= 11 is 0. The zero-order chi connectivity index (χ0) is 32.5. The molecule has 1 atom stereocenters. The summed E-state index contributed by atoms with van der Waals surface area (Å²) in [6, 6.07) is 41.7.